The lowest BCUT2D eigenvalue weighted by Crippen LogP contribution is -2.38. The zero-order valence-electron chi connectivity index (χ0n) is 9.59. The van der Waals surface area contributed by atoms with Crippen molar-refractivity contribution in [3.8, 4) is 0 Å². The van der Waals surface area contributed by atoms with Crippen molar-refractivity contribution in [2.45, 2.75) is 26.3 Å². The first kappa shape index (κ1) is 13.3. The number of nitrogens with one attached hydrogen (secondary N) is 1. The number of hydrogen-bond donors (Lipinski definition) is 1. The molecule has 92 valence electrons. The fourth-order valence-electron chi connectivity index (χ4n) is 1.34. The molecule has 0 heterocycles. The second-order valence-corrected chi connectivity index (χ2v) is 3.62. The normalized spacial score (nSPS) is 12.0. The predicted molar refractivity (Wildman–Crippen MR) is 58.6 cm³/mol. The standard InChI is InChI=1S/C12H13F2NO2/c1-3-10(16)7(2)15-12(17)8-5-4-6-9(13)11(8)14/h4-7H,3H2,1-2H3,(H,15,17). The summed E-state index contributed by atoms with van der Waals surface area (Å²) >= 11 is 0. The summed E-state index contributed by atoms with van der Waals surface area (Å²) in [5, 5.41) is 2.32. The lowest BCUT2D eigenvalue weighted by molar-refractivity contribution is -0.120. The van der Waals surface area contributed by atoms with Crippen molar-refractivity contribution in [3.63, 3.8) is 0 Å². The summed E-state index contributed by atoms with van der Waals surface area (Å²) < 4.78 is 26.1. The molecule has 0 aliphatic carbocycles. The molecule has 0 bridgehead atoms. The third-order valence-electron chi connectivity index (χ3n) is 2.38. The molecule has 0 radical (unpaired) electrons. The third kappa shape index (κ3) is 3.09. The van der Waals surface area contributed by atoms with Gasteiger partial charge in [-0.1, -0.05) is 13.0 Å². The topological polar surface area (TPSA) is 46.2 Å². The molecule has 1 amide bonds. The number of benzene rings is 1. The van der Waals surface area contributed by atoms with Crippen molar-refractivity contribution < 1.29 is 18.4 Å². The van der Waals surface area contributed by atoms with Crippen LogP contribution in [0.1, 0.15) is 30.6 Å². The van der Waals surface area contributed by atoms with Gasteiger partial charge in [-0.2, -0.15) is 0 Å². The van der Waals surface area contributed by atoms with E-state index in [2.05, 4.69) is 5.32 Å². The van der Waals surface area contributed by atoms with E-state index < -0.39 is 29.1 Å². The average molecular weight is 241 g/mol. The van der Waals surface area contributed by atoms with Crippen LogP contribution in [-0.4, -0.2) is 17.7 Å². The van der Waals surface area contributed by atoms with Gasteiger partial charge < -0.3 is 5.32 Å². The summed E-state index contributed by atoms with van der Waals surface area (Å²) in [4.78, 5) is 22.8. The molecule has 0 fully saturated rings. The highest BCUT2D eigenvalue weighted by molar-refractivity contribution is 5.97. The van der Waals surface area contributed by atoms with Crippen LogP contribution in [0.5, 0.6) is 0 Å². The van der Waals surface area contributed by atoms with Crippen LogP contribution in [0.25, 0.3) is 0 Å². The molecule has 1 aromatic rings. The Morgan fingerprint density at radius 3 is 2.59 bits per heavy atom. The summed E-state index contributed by atoms with van der Waals surface area (Å²) in [6.07, 6.45) is 0.271. The number of Topliss-reactive ketones (excluding diaryl/α,β-unsaturated/α-hetero) is 1. The van der Waals surface area contributed by atoms with Crippen LogP contribution < -0.4 is 5.32 Å². The van der Waals surface area contributed by atoms with Crippen LogP contribution in [-0.2, 0) is 4.79 Å². The molecule has 17 heavy (non-hydrogen) atoms. The summed E-state index contributed by atoms with van der Waals surface area (Å²) in [6, 6.07) is 2.61. The summed E-state index contributed by atoms with van der Waals surface area (Å²) in [5.74, 6) is -3.26. The molecule has 1 unspecified atom stereocenters. The highest BCUT2D eigenvalue weighted by atomic mass is 19.2. The molecule has 0 saturated heterocycles. The molecule has 0 aliphatic heterocycles. The Balaban J connectivity index is 2.84. The van der Waals surface area contributed by atoms with E-state index in [4.69, 9.17) is 0 Å². The lowest BCUT2D eigenvalue weighted by atomic mass is 10.1. The van der Waals surface area contributed by atoms with Gasteiger partial charge in [-0.15, -0.1) is 0 Å². The molecular formula is C12H13F2NO2. The molecule has 0 saturated carbocycles. The Labute approximate surface area is 97.8 Å². The van der Waals surface area contributed by atoms with Crippen molar-refractivity contribution in [3.05, 3.63) is 35.4 Å². The van der Waals surface area contributed by atoms with Gasteiger partial charge in [0.25, 0.3) is 5.91 Å². The quantitative estimate of drug-likeness (QED) is 0.877. The zero-order chi connectivity index (χ0) is 13.0. The van der Waals surface area contributed by atoms with Crippen molar-refractivity contribution in [2.75, 3.05) is 0 Å². The maximum atomic E-state index is 13.3. The molecule has 0 aliphatic rings. The third-order valence-corrected chi connectivity index (χ3v) is 2.38. The first-order valence-electron chi connectivity index (χ1n) is 5.25. The molecule has 1 atom stereocenters. The minimum atomic E-state index is -1.21. The van der Waals surface area contributed by atoms with Gasteiger partial charge in [-0.3, -0.25) is 9.59 Å². The van der Waals surface area contributed by atoms with Crippen LogP contribution in [0.2, 0.25) is 0 Å². The van der Waals surface area contributed by atoms with E-state index in [9.17, 15) is 18.4 Å². The number of ketones is 1. The highest BCUT2D eigenvalue weighted by Crippen LogP contribution is 2.11. The number of carbonyl (C=O) groups is 2. The van der Waals surface area contributed by atoms with Crippen molar-refractivity contribution in [1.82, 2.24) is 5.32 Å². The number of carbonyl (C=O) groups excluding carboxylic acids is 2. The van der Waals surface area contributed by atoms with Crippen molar-refractivity contribution in [1.29, 1.82) is 0 Å². The van der Waals surface area contributed by atoms with Gasteiger partial charge >= 0.3 is 0 Å². The van der Waals surface area contributed by atoms with E-state index >= 15 is 0 Å². The summed E-state index contributed by atoms with van der Waals surface area (Å²) in [7, 11) is 0. The van der Waals surface area contributed by atoms with E-state index in [-0.39, 0.29) is 12.2 Å². The minimum Gasteiger partial charge on any atom is -0.342 e. The second-order valence-electron chi connectivity index (χ2n) is 3.62. The molecule has 0 aromatic heterocycles. The van der Waals surface area contributed by atoms with Gasteiger partial charge in [0.15, 0.2) is 17.4 Å². The zero-order valence-corrected chi connectivity index (χ0v) is 9.59. The van der Waals surface area contributed by atoms with Crippen LogP contribution >= 0.6 is 0 Å². The van der Waals surface area contributed by atoms with Crippen LogP contribution in [0.3, 0.4) is 0 Å². The Hall–Kier alpha value is -1.78. The molecule has 1 aromatic carbocycles. The van der Waals surface area contributed by atoms with E-state index in [0.717, 1.165) is 12.1 Å². The lowest BCUT2D eigenvalue weighted by Gasteiger charge is -2.12. The molecule has 5 heteroatoms. The number of amides is 1. The largest absolute Gasteiger partial charge is 0.342 e. The SMILES string of the molecule is CCC(=O)C(C)NC(=O)c1cccc(F)c1F. The molecule has 3 nitrogen and oxygen atoms in total. The smallest absolute Gasteiger partial charge is 0.254 e. The van der Waals surface area contributed by atoms with Crippen molar-refractivity contribution >= 4 is 11.7 Å². The van der Waals surface area contributed by atoms with E-state index in [1.54, 1.807) is 6.92 Å². The van der Waals surface area contributed by atoms with E-state index in [1.807, 2.05) is 0 Å². The van der Waals surface area contributed by atoms with Crippen LogP contribution in [0.4, 0.5) is 8.78 Å². The first-order valence-corrected chi connectivity index (χ1v) is 5.25. The van der Waals surface area contributed by atoms with E-state index in [1.165, 1.54) is 13.0 Å². The summed E-state index contributed by atoms with van der Waals surface area (Å²) in [5.41, 5.74) is -0.402. The highest BCUT2D eigenvalue weighted by Gasteiger charge is 2.19. The number of hydrogen-bond acceptors (Lipinski definition) is 2. The number of halogens is 2. The Kier molecular flexibility index (Phi) is 4.31. The summed E-state index contributed by atoms with van der Waals surface area (Å²) in [6.45, 7) is 3.16. The Morgan fingerprint density at radius 1 is 1.35 bits per heavy atom. The predicted octanol–water partition coefficient (Wildman–Crippen LogP) is 2.06. The second kappa shape index (κ2) is 5.52. The fraction of sp³-hybridized carbons (Fsp3) is 0.333. The van der Waals surface area contributed by atoms with Crippen LogP contribution in [0, 0.1) is 11.6 Å². The minimum absolute atomic E-state index is 0.171. The van der Waals surface area contributed by atoms with Gasteiger partial charge in [0.05, 0.1) is 11.6 Å². The molecule has 0 spiro atoms. The molecular weight excluding hydrogens is 228 g/mol. The van der Waals surface area contributed by atoms with Gasteiger partial charge in [0.1, 0.15) is 0 Å². The van der Waals surface area contributed by atoms with Gasteiger partial charge in [0.2, 0.25) is 0 Å². The van der Waals surface area contributed by atoms with E-state index in [0.29, 0.717) is 0 Å². The Morgan fingerprint density at radius 2 is 2.00 bits per heavy atom. The van der Waals surface area contributed by atoms with Crippen LogP contribution in [0.15, 0.2) is 18.2 Å². The monoisotopic (exact) mass is 241 g/mol. The number of rotatable bonds is 4. The average Bonchev–Trinajstić information content (AvgIpc) is 2.31. The maximum Gasteiger partial charge on any atom is 0.254 e. The molecule has 1 N–H and O–H groups in total. The molecule has 1 rings (SSSR count). The fourth-order valence-corrected chi connectivity index (χ4v) is 1.34. The van der Waals surface area contributed by atoms with Gasteiger partial charge in [-0.25, -0.2) is 8.78 Å². The first-order chi connectivity index (χ1) is 7.97. The Bertz CT molecular complexity index is 446. The van der Waals surface area contributed by atoms with Crippen molar-refractivity contribution in [2.24, 2.45) is 0 Å². The van der Waals surface area contributed by atoms with Gasteiger partial charge in [0, 0.05) is 6.42 Å². The van der Waals surface area contributed by atoms with Gasteiger partial charge in [-0.05, 0) is 19.1 Å². The maximum absolute atomic E-state index is 13.3.